The van der Waals surface area contributed by atoms with Gasteiger partial charge in [-0.1, -0.05) is 30.3 Å². The zero-order valence-corrected chi connectivity index (χ0v) is 17.2. The van der Waals surface area contributed by atoms with Crippen molar-refractivity contribution >= 4 is 39.5 Å². The van der Waals surface area contributed by atoms with Crippen molar-refractivity contribution in [2.75, 3.05) is 0 Å². The van der Waals surface area contributed by atoms with Crippen LogP contribution in [0.2, 0.25) is 0 Å². The Morgan fingerprint density at radius 2 is 1.85 bits per heavy atom. The molecule has 0 radical (unpaired) electrons. The first-order chi connectivity index (χ1) is 16.1. The molecular formula is C24H17N5O4. The number of hydrogen-bond donors (Lipinski definition) is 2. The van der Waals surface area contributed by atoms with Crippen LogP contribution in [0.5, 0.6) is 5.75 Å². The number of fused-ring (bicyclic) bond motifs is 3. The number of nitrogens with one attached hydrogen (secondary N) is 2. The first kappa shape index (κ1) is 20.1. The highest BCUT2D eigenvalue weighted by Crippen LogP contribution is 2.32. The third kappa shape index (κ3) is 4.07. The summed E-state index contributed by atoms with van der Waals surface area (Å²) in [5.74, 6) is 0.965. The van der Waals surface area contributed by atoms with Gasteiger partial charge in [0.25, 0.3) is 11.2 Å². The molecule has 0 fully saturated rings. The quantitative estimate of drug-likeness (QED) is 0.226. The summed E-state index contributed by atoms with van der Waals surface area (Å²) >= 11 is 0. The number of nitro benzene ring substituents is 1. The molecule has 0 bridgehead atoms. The standard InChI is InChI=1S/C24H17N5O4/c30-24-22-21(23(27-28-24)25-13-15-6-8-17(9-7-15)29(31)32)19-12-18(10-11-20(19)26-22)33-14-16-4-2-1-3-5-16/h1-13,26H,14H2,(H,28,30). The van der Waals surface area contributed by atoms with E-state index < -0.39 is 4.92 Å². The zero-order chi connectivity index (χ0) is 22.8. The van der Waals surface area contributed by atoms with Crippen LogP contribution in [0.1, 0.15) is 11.1 Å². The van der Waals surface area contributed by atoms with Gasteiger partial charge in [-0.3, -0.25) is 14.9 Å². The van der Waals surface area contributed by atoms with Crippen LogP contribution in [0.3, 0.4) is 0 Å². The Bertz CT molecular complexity index is 1550. The van der Waals surface area contributed by atoms with Gasteiger partial charge in [-0.25, -0.2) is 10.1 Å². The molecule has 2 N–H and O–H groups in total. The highest BCUT2D eigenvalue weighted by atomic mass is 16.6. The lowest BCUT2D eigenvalue weighted by Gasteiger charge is -2.06. The van der Waals surface area contributed by atoms with E-state index in [9.17, 15) is 14.9 Å². The Hall–Kier alpha value is -4.79. The SMILES string of the molecule is O=c1[nH]nc(N=Cc2ccc([N+](=O)[O-])cc2)c2c1[nH]c1ccc(OCc3ccccc3)cc12. The summed E-state index contributed by atoms with van der Waals surface area (Å²) in [5.41, 5.74) is 2.45. The Morgan fingerprint density at radius 3 is 2.61 bits per heavy atom. The van der Waals surface area contributed by atoms with E-state index in [1.54, 1.807) is 18.3 Å². The molecule has 0 aliphatic rings. The summed E-state index contributed by atoms with van der Waals surface area (Å²) in [4.78, 5) is 30.3. The number of nitrogens with zero attached hydrogens (tertiary/aromatic N) is 3. The highest BCUT2D eigenvalue weighted by Gasteiger charge is 2.14. The molecule has 5 rings (SSSR count). The van der Waals surface area contributed by atoms with Crippen molar-refractivity contribution in [1.82, 2.24) is 15.2 Å². The van der Waals surface area contributed by atoms with E-state index in [-0.39, 0.29) is 11.2 Å². The van der Waals surface area contributed by atoms with E-state index >= 15 is 0 Å². The minimum atomic E-state index is -0.461. The number of hydrogen-bond acceptors (Lipinski definition) is 6. The fourth-order valence-corrected chi connectivity index (χ4v) is 3.53. The van der Waals surface area contributed by atoms with Crippen LogP contribution >= 0.6 is 0 Å². The maximum Gasteiger partial charge on any atom is 0.288 e. The van der Waals surface area contributed by atoms with E-state index in [0.29, 0.717) is 34.6 Å². The Kier molecular flexibility index (Phi) is 5.12. The molecule has 0 spiro atoms. The second-order valence-corrected chi connectivity index (χ2v) is 7.34. The number of non-ortho nitro benzene ring substituents is 1. The zero-order valence-electron chi connectivity index (χ0n) is 17.2. The van der Waals surface area contributed by atoms with Gasteiger partial charge in [-0.2, -0.15) is 5.10 Å². The molecule has 2 aromatic heterocycles. The van der Waals surface area contributed by atoms with Crippen molar-refractivity contribution in [3.8, 4) is 5.75 Å². The largest absolute Gasteiger partial charge is 0.489 e. The molecular weight excluding hydrogens is 422 g/mol. The summed E-state index contributed by atoms with van der Waals surface area (Å²) in [6.45, 7) is 0.415. The molecule has 0 aliphatic carbocycles. The van der Waals surface area contributed by atoms with Crippen LogP contribution in [0.15, 0.2) is 82.6 Å². The number of nitro groups is 1. The second kappa shape index (κ2) is 8.39. The minimum Gasteiger partial charge on any atom is -0.489 e. The maximum atomic E-state index is 12.4. The van der Waals surface area contributed by atoms with Crippen molar-refractivity contribution in [2.24, 2.45) is 4.99 Å². The van der Waals surface area contributed by atoms with Crippen molar-refractivity contribution in [1.29, 1.82) is 0 Å². The molecule has 2 heterocycles. The molecule has 5 aromatic rings. The predicted octanol–water partition coefficient (Wildman–Crippen LogP) is 4.64. The number of aromatic nitrogens is 3. The van der Waals surface area contributed by atoms with Crippen LogP contribution < -0.4 is 10.3 Å². The topological polar surface area (TPSA) is 126 Å². The smallest absolute Gasteiger partial charge is 0.288 e. The summed E-state index contributed by atoms with van der Waals surface area (Å²) in [5, 5.41) is 18.7. The number of rotatable bonds is 6. The monoisotopic (exact) mass is 439 g/mol. The van der Waals surface area contributed by atoms with Crippen LogP contribution in [0.25, 0.3) is 21.8 Å². The lowest BCUT2D eigenvalue weighted by molar-refractivity contribution is -0.384. The molecule has 0 aliphatic heterocycles. The number of aliphatic imine (C=N–C) groups is 1. The van der Waals surface area contributed by atoms with E-state index in [2.05, 4.69) is 20.2 Å². The maximum absolute atomic E-state index is 12.4. The van der Waals surface area contributed by atoms with Gasteiger partial charge in [0.2, 0.25) is 0 Å². The average Bonchev–Trinajstić information content (AvgIpc) is 3.23. The lowest BCUT2D eigenvalue weighted by atomic mass is 10.2. The third-order valence-corrected chi connectivity index (χ3v) is 5.17. The molecule has 0 atom stereocenters. The van der Waals surface area contributed by atoms with Crippen molar-refractivity contribution < 1.29 is 9.66 Å². The van der Waals surface area contributed by atoms with Crippen molar-refractivity contribution in [3.63, 3.8) is 0 Å². The summed E-state index contributed by atoms with van der Waals surface area (Å²) in [7, 11) is 0. The number of ether oxygens (including phenoxy) is 1. The number of aromatic amines is 2. The Balaban J connectivity index is 1.52. The van der Waals surface area contributed by atoms with Crippen LogP contribution in [-0.4, -0.2) is 26.3 Å². The first-order valence-electron chi connectivity index (χ1n) is 10.1. The first-order valence-corrected chi connectivity index (χ1v) is 10.1. The minimum absolute atomic E-state index is 0.00336. The van der Waals surface area contributed by atoms with E-state index in [1.165, 1.54) is 12.1 Å². The van der Waals surface area contributed by atoms with Gasteiger partial charge in [0.05, 0.1) is 10.3 Å². The van der Waals surface area contributed by atoms with E-state index in [1.807, 2.05) is 48.5 Å². The Morgan fingerprint density at radius 1 is 1.06 bits per heavy atom. The second-order valence-electron chi connectivity index (χ2n) is 7.34. The number of H-pyrrole nitrogens is 2. The van der Waals surface area contributed by atoms with E-state index in [0.717, 1.165) is 16.5 Å². The van der Waals surface area contributed by atoms with E-state index in [4.69, 9.17) is 4.74 Å². The predicted molar refractivity (Wildman–Crippen MR) is 125 cm³/mol. The summed E-state index contributed by atoms with van der Waals surface area (Å²) in [6.07, 6.45) is 1.54. The van der Waals surface area contributed by atoms with Crippen molar-refractivity contribution in [3.05, 3.63) is 104 Å². The normalized spacial score (nSPS) is 11.4. The van der Waals surface area contributed by atoms with Crippen molar-refractivity contribution in [2.45, 2.75) is 6.61 Å². The average molecular weight is 439 g/mol. The molecule has 33 heavy (non-hydrogen) atoms. The molecule has 0 saturated carbocycles. The molecule has 3 aromatic carbocycles. The molecule has 0 unspecified atom stereocenters. The molecule has 0 saturated heterocycles. The fourth-order valence-electron chi connectivity index (χ4n) is 3.53. The van der Waals surface area contributed by atoms with Gasteiger partial charge in [0.1, 0.15) is 17.9 Å². The molecule has 0 amide bonds. The third-order valence-electron chi connectivity index (χ3n) is 5.17. The van der Waals surface area contributed by atoms with Crippen LogP contribution in [-0.2, 0) is 6.61 Å². The van der Waals surface area contributed by atoms with Gasteiger partial charge < -0.3 is 9.72 Å². The van der Waals surface area contributed by atoms with Gasteiger partial charge in [-0.05, 0) is 41.5 Å². The molecule has 162 valence electrons. The fraction of sp³-hybridized carbons (Fsp3) is 0.0417. The Labute approximate surface area is 186 Å². The van der Waals surface area contributed by atoms with Gasteiger partial charge in [0, 0.05) is 29.3 Å². The van der Waals surface area contributed by atoms with Gasteiger partial charge >= 0.3 is 0 Å². The molecule has 9 nitrogen and oxygen atoms in total. The molecule has 9 heteroatoms. The number of benzene rings is 3. The van der Waals surface area contributed by atoms with Gasteiger partial charge in [-0.15, -0.1) is 0 Å². The summed E-state index contributed by atoms with van der Waals surface area (Å²) in [6, 6.07) is 21.3. The van der Waals surface area contributed by atoms with Crippen LogP contribution in [0.4, 0.5) is 11.5 Å². The van der Waals surface area contributed by atoms with Crippen LogP contribution in [0, 0.1) is 10.1 Å². The lowest BCUT2D eigenvalue weighted by Crippen LogP contribution is -2.07. The summed E-state index contributed by atoms with van der Waals surface area (Å²) < 4.78 is 5.93. The highest BCUT2D eigenvalue weighted by molar-refractivity contribution is 6.12. The van der Waals surface area contributed by atoms with Gasteiger partial charge in [0.15, 0.2) is 5.82 Å².